The Balaban J connectivity index is 1.34. The number of hydrogen-bond acceptors (Lipinski definition) is 9. The zero-order valence-electron chi connectivity index (χ0n) is 21.7. The topological polar surface area (TPSA) is 171 Å². The van der Waals surface area contributed by atoms with Crippen molar-refractivity contribution in [2.75, 3.05) is 26.2 Å². The summed E-state index contributed by atoms with van der Waals surface area (Å²) in [7, 11) is 0. The normalized spacial score (nSPS) is 28.7. The molecule has 5 atom stereocenters. The highest BCUT2D eigenvalue weighted by molar-refractivity contribution is 6.24. The molecule has 3 fully saturated rings. The van der Waals surface area contributed by atoms with Crippen LogP contribution in [0.3, 0.4) is 0 Å². The minimum atomic E-state index is -1.01. The van der Waals surface area contributed by atoms with Crippen LogP contribution >= 0.6 is 0 Å². The number of benzene rings is 1. The van der Waals surface area contributed by atoms with E-state index in [1.807, 2.05) is 11.0 Å². The molecule has 0 saturated carbocycles. The standard InChI is InChI=1S/C27H34N6O6/c28-24(36)20(7-11-34)32-10-9-29-14-16(32)12-15-6-8-30-19(13-15)17-2-1-3-18-23(17)27(39)33(26(18)38)21-4-5-22(35)31-25(21)37/h1-3,11,15-16,19-21,29-30H,4-10,12-14H2,(H2,28,36)(H,31,35,37). The van der Waals surface area contributed by atoms with E-state index in [2.05, 4.69) is 16.0 Å². The van der Waals surface area contributed by atoms with Crippen LogP contribution in [0, 0.1) is 5.92 Å². The number of amides is 5. The third-order valence-electron chi connectivity index (χ3n) is 8.44. The van der Waals surface area contributed by atoms with Crippen LogP contribution in [0.25, 0.3) is 0 Å². The van der Waals surface area contributed by atoms with E-state index in [1.54, 1.807) is 12.1 Å². The molecule has 12 heteroatoms. The molecule has 0 aromatic heterocycles. The van der Waals surface area contributed by atoms with E-state index in [0.717, 1.165) is 36.0 Å². The zero-order chi connectivity index (χ0) is 27.7. The van der Waals surface area contributed by atoms with Crippen LogP contribution in [0.15, 0.2) is 18.2 Å². The zero-order valence-corrected chi connectivity index (χ0v) is 21.7. The summed E-state index contributed by atoms with van der Waals surface area (Å²) in [6, 6.07) is 3.42. The number of hydrogen-bond donors (Lipinski definition) is 4. The molecule has 4 aliphatic rings. The van der Waals surface area contributed by atoms with Crippen molar-refractivity contribution in [2.45, 2.75) is 62.7 Å². The lowest BCUT2D eigenvalue weighted by molar-refractivity contribution is -0.136. The summed E-state index contributed by atoms with van der Waals surface area (Å²) in [5.74, 6) is -2.30. The number of fused-ring (bicyclic) bond motifs is 1. The third kappa shape index (κ3) is 5.23. The molecule has 5 N–H and O–H groups in total. The lowest BCUT2D eigenvalue weighted by Crippen LogP contribution is -2.59. The van der Waals surface area contributed by atoms with Crippen molar-refractivity contribution in [1.82, 2.24) is 25.8 Å². The maximum Gasteiger partial charge on any atom is 0.262 e. The van der Waals surface area contributed by atoms with E-state index in [1.165, 1.54) is 0 Å². The SMILES string of the molecule is NC(=O)C(CC=O)N1CCNCC1CC1CCNC(c2cccc3c2C(=O)N(C2CCC(=O)NC2=O)C3=O)C1. The Labute approximate surface area is 226 Å². The fourth-order valence-electron chi connectivity index (χ4n) is 6.58. The molecule has 1 aromatic rings. The van der Waals surface area contributed by atoms with Gasteiger partial charge in [-0.15, -0.1) is 0 Å². The van der Waals surface area contributed by atoms with Gasteiger partial charge in [0.15, 0.2) is 0 Å². The number of piperidine rings is 2. The van der Waals surface area contributed by atoms with E-state index in [-0.39, 0.29) is 42.8 Å². The minimum Gasteiger partial charge on any atom is -0.368 e. The summed E-state index contributed by atoms with van der Waals surface area (Å²) >= 11 is 0. The Morgan fingerprint density at radius 3 is 2.69 bits per heavy atom. The highest BCUT2D eigenvalue weighted by atomic mass is 16.2. The molecule has 39 heavy (non-hydrogen) atoms. The summed E-state index contributed by atoms with van der Waals surface area (Å²) in [4.78, 5) is 77.2. The van der Waals surface area contributed by atoms with Crippen molar-refractivity contribution in [3.8, 4) is 0 Å². The monoisotopic (exact) mass is 538 g/mol. The highest BCUT2D eigenvalue weighted by Crippen LogP contribution is 2.37. The van der Waals surface area contributed by atoms with E-state index < -0.39 is 41.6 Å². The third-order valence-corrected chi connectivity index (χ3v) is 8.44. The second kappa shape index (κ2) is 11.3. The van der Waals surface area contributed by atoms with Crippen molar-refractivity contribution in [1.29, 1.82) is 0 Å². The predicted octanol–water partition coefficient (Wildman–Crippen LogP) is -0.765. The van der Waals surface area contributed by atoms with Crippen molar-refractivity contribution in [3.05, 3.63) is 34.9 Å². The van der Waals surface area contributed by atoms with Crippen LogP contribution in [0.2, 0.25) is 0 Å². The summed E-state index contributed by atoms with van der Waals surface area (Å²) in [6.07, 6.45) is 3.39. The molecular formula is C27H34N6O6. The number of primary amides is 1. The Bertz CT molecular complexity index is 1200. The highest BCUT2D eigenvalue weighted by Gasteiger charge is 2.46. The van der Waals surface area contributed by atoms with Gasteiger partial charge in [0, 0.05) is 44.6 Å². The maximum atomic E-state index is 13.6. The molecule has 3 saturated heterocycles. The number of carbonyl (C=O) groups is 6. The number of nitrogens with two attached hydrogens (primary N) is 1. The number of nitrogens with one attached hydrogen (secondary N) is 3. The maximum absolute atomic E-state index is 13.6. The van der Waals surface area contributed by atoms with Crippen molar-refractivity contribution in [3.63, 3.8) is 0 Å². The molecule has 12 nitrogen and oxygen atoms in total. The first-order valence-electron chi connectivity index (χ1n) is 13.6. The van der Waals surface area contributed by atoms with E-state index in [0.29, 0.717) is 31.7 Å². The van der Waals surface area contributed by atoms with Gasteiger partial charge < -0.3 is 21.2 Å². The van der Waals surface area contributed by atoms with Crippen LogP contribution < -0.4 is 21.7 Å². The van der Waals surface area contributed by atoms with E-state index >= 15 is 0 Å². The Morgan fingerprint density at radius 1 is 1.13 bits per heavy atom. The van der Waals surface area contributed by atoms with E-state index in [9.17, 15) is 28.8 Å². The number of piperazine rings is 1. The van der Waals surface area contributed by atoms with Crippen LogP contribution in [-0.2, 0) is 19.2 Å². The number of nitrogens with zero attached hydrogens (tertiary/aromatic N) is 2. The minimum absolute atomic E-state index is 0.0349. The van der Waals surface area contributed by atoms with Crippen molar-refractivity contribution < 1.29 is 28.8 Å². The Morgan fingerprint density at radius 2 is 1.95 bits per heavy atom. The smallest absolute Gasteiger partial charge is 0.262 e. The van der Waals surface area contributed by atoms with Gasteiger partial charge in [0.25, 0.3) is 11.8 Å². The van der Waals surface area contributed by atoms with Gasteiger partial charge in [-0.1, -0.05) is 12.1 Å². The summed E-state index contributed by atoms with van der Waals surface area (Å²) in [6.45, 7) is 2.74. The second-order valence-corrected chi connectivity index (χ2v) is 10.8. The first-order chi connectivity index (χ1) is 18.8. The number of rotatable bonds is 8. The first-order valence-corrected chi connectivity index (χ1v) is 13.6. The molecule has 5 unspecified atom stereocenters. The molecule has 4 heterocycles. The van der Waals surface area contributed by atoms with Crippen molar-refractivity contribution >= 4 is 35.8 Å². The largest absolute Gasteiger partial charge is 0.368 e. The predicted molar refractivity (Wildman–Crippen MR) is 138 cm³/mol. The average molecular weight is 539 g/mol. The lowest BCUT2D eigenvalue weighted by Gasteiger charge is -2.42. The van der Waals surface area contributed by atoms with Gasteiger partial charge >= 0.3 is 0 Å². The van der Waals surface area contributed by atoms with Crippen molar-refractivity contribution in [2.24, 2.45) is 11.7 Å². The second-order valence-electron chi connectivity index (χ2n) is 10.8. The summed E-state index contributed by atoms with van der Waals surface area (Å²) in [5.41, 5.74) is 6.93. The van der Waals surface area contributed by atoms with Crippen LogP contribution in [0.4, 0.5) is 0 Å². The molecule has 0 radical (unpaired) electrons. The van der Waals surface area contributed by atoms with E-state index in [4.69, 9.17) is 5.73 Å². The molecular weight excluding hydrogens is 504 g/mol. The summed E-state index contributed by atoms with van der Waals surface area (Å²) < 4.78 is 0. The van der Waals surface area contributed by atoms with Gasteiger partial charge in [0.1, 0.15) is 12.3 Å². The average Bonchev–Trinajstić information content (AvgIpc) is 3.17. The van der Waals surface area contributed by atoms with Gasteiger partial charge in [0.05, 0.1) is 17.2 Å². The molecule has 0 spiro atoms. The van der Waals surface area contributed by atoms with Crippen LogP contribution in [0.1, 0.15) is 70.8 Å². The molecule has 4 aliphatic heterocycles. The lowest BCUT2D eigenvalue weighted by atomic mass is 9.82. The number of carbonyl (C=O) groups excluding carboxylic acids is 6. The summed E-state index contributed by atoms with van der Waals surface area (Å²) in [5, 5.41) is 9.10. The molecule has 208 valence electrons. The van der Waals surface area contributed by atoms with Gasteiger partial charge in [-0.3, -0.25) is 39.1 Å². The number of imide groups is 2. The quantitative estimate of drug-likeness (QED) is 0.245. The first kappa shape index (κ1) is 27.1. The van der Waals surface area contributed by atoms with Crippen LogP contribution in [0.5, 0.6) is 0 Å². The van der Waals surface area contributed by atoms with Crippen LogP contribution in [-0.4, -0.2) is 89.9 Å². The van der Waals surface area contributed by atoms with Gasteiger partial charge in [0.2, 0.25) is 17.7 Å². The fraction of sp³-hybridized carbons (Fsp3) is 0.556. The van der Waals surface area contributed by atoms with Gasteiger partial charge in [-0.25, -0.2) is 0 Å². The Hall–Kier alpha value is -3.48. The molecule has 1 aromatic carbocycles. The molecule has 0 aliphatic carbocycles. The Kier molecular flexibility index (Phi) is 7.87. The molecule has 5 amide bonds. The molecule has 0 bridgehead atoms. The molecule has 5 rings (SSSR count). The van der Waals surface area contributed by atoms with Gasteiger partial charge in [-0.2, -0.15) is 0 Å². The van der Waals surface area contributed by atoms with Gasteiger partial charge in [-0.05, 0) is 49.8 Å². The fourth-order valence-corrected chi connectivity index (χ4v) is 6.58. The number of aldehydes is 1.